The van der Waals surface area contributed by atoms with E-state index in [4.69, 9.17) is 9.52 Å². The topological polar surface area (TPSA) is 82.8 Å². The molecule has 2 atom stereocenters. The normalized spacial score (nSPS) is 17.8. The molecular weight excluding hydrogens is 390 g/mol. The molecule has 0 radical (unpaired) electrons. The summed E-state index contributed by atoms with van der Waals surface area (Å²) in [6, 6.07) is 10.3. The molecule has 7 nitrogen and oxygen atoms in total. The smallest absolute Gasteiger partial charge is 0.223 e. The Morgan fingerprint density at radius 3 is 2.74 bits per heavy atom. The van der Waals surface area contributed by atoms with E-state index < -0.39 is 0 Å². The second kappa shape index (κ2) is 11.0. The summed E-state index contributed by atoms with van der Waals surface area (Å²) >= 11 is 0. The van der Waals surface area contributed by atoms with Crippen molar-refractivity contribution in [1.29, 1.82) is 0 Å². The third kappa shape index (κ3) is 6.32. The van der Waals surface area contributed by atoms with Crippen molar-refractivity contribution in [1.82, 2.24) is 20.7 Å². The number of nitrogens with zero attached hydrogens (tertiary/aromatic N) is 3. The zero-order valence-electron chi connectivity index (χ0n) is 19.1. The molecule has 1 aromatic heterocycles. The van der Waals surface area contributed by atoms with E-state index in [1.165, 1.54) is 5.56 Å². The summed E-state index contributed by atoms with van der Waals surface area (Å²) < 4.78 is 5.29. The van der Waals surface area contributed by atoms with Crippen LogP contribution in [0.5, 0.6) is 0 Å². The lowest BCUT2D eigenvalue weighted by Gasteiger charge is -2.18. The molecule has 7 heteroatoms. The number of rotatable bonds is 9. The molecule has 1 aromatic carbocycles. The fraction of sp³-hybridized carbons (Fsp3) is 0.542. The number of aryl methyl sites for hydroxylation is 2. The van der Waals surface area contributed by atoms with Crippen molar-refractivity contribution in [3.63, 3.8) is 0 Å². The molecule has 2 unspecified atom stereocenters. The Bertz CT molecular complexity index is 858. The highest BCUT2D eigenvalue weighted by atomic mass is 16.5. The Morgan fingerprint density at radius 1 is 1.29 bits per heavy atom. The van der Waals surface area contributed by atoms with Gasteiger partial charge in [-0.2, -0.15) is 0 Å². The van der Waals surface area contributed by atoms with Gasteiger partial charge in [0.05, 0.1) is 5.69 Å². The van der Waals surface area contributed by atoms with Gasteiger partial charge in [-0.05, 0) is 32.8 Å². The summed E-state index contributed by atoms with van der Waals surface area (Å²) in [4.78, 5) is 19.2. The van der Waals surface area contributed by atoms with Crippen molar-refractivity contribution < 1.29 is 9.32 Å². The molecule has 31 heavy (non-hydrogen) atoms. The van der Waals surface area contributed by atoms with Gasteiger partial charge in [-0.1, -0.05) is 42.4 Å². The summed E-state index contributed by atoms with van der Waals surface area (Å²) in [5, 5.41) is 10.8. The molecule has 1 amide bonds. The third-order valence-electron chi connectivity index (χ3n) is 5.81. The Kier molecular flexibility index (Phi) is 8.09. The van der Waals surface area contributed by atoms with Crippen LogP contribution in [0.2, 0.25) is 0 Å². The van der Waals surface area contributed by atoms with Crippen molar-refractivity contribution in [3.05, 3.63) is 52.9 Å². The number of likely N-dealkylation sites (tertiary alicyclic amines) is 1. The number of amides is 1. The van der Waals surface area contributed by atoms with E-state index in [0.29, 0.717) is 18.9 Å². The van der Waals surface area contributed by atoms with Crippen LogP contribution in [0.1, 0.15) is 48.8 Å². The molecule has 1 saturated heterocycles. The minimum absolute atomic E-state index is 0.225. The number of carbonyl (C=O) groups excluding carboxylic acids is 1. The van der Waals surface area contributed by atoms with Crippen molar-refractivity contribution in [2.75, 3.05) is 32.7 Å². The highest BCUT2D eigenvalue weighted by molar-refractivity contribution is 5.81. The van der Waals surface area contributed by atoms with Gasteiger partial charge in [0.25, 0.3) is 0 Å². The predicted molar refractivity (Wildman–Crippen MR) is 123 cm³/mol. The maximum atomic E-state index is 12.4. The van der Waals surface area contributed by atoms with E-state index in [1.807, 2.05) is 36.9 Å². The number of benzene rings is 1. The third-order valence-corrected chi connectivity index (χ3v) is 5.81. The Morgan fingerprint density at radius 2 is 2.06 bits per heavy atom. The van der Waals surface area contributed by atoms with Crippen molar-refractivity contribution in [2.24, 2.45) is 10.9 Å². The van der Waals surface area contributed by atoms with Crippen LogP contribution in [0.3, 0.4) is 0 Å². The molecule has 3 rings (SSSR count). The van der Waals surface area contributed by atoms with Crippen LogP contribution in [-0.4, -0.2) is 54.6 Å². The summed E-state index contributed by atoms with van der Waals surface area (Å²) in [7, 11) is 0. The van der Waals surface area contributed by atoms with Gasteiger partial charge in [-0.3, -0.25) is 9.79 Å². The van der Waals surface area contributed by atoms with E-state index >= 15 is 0 Å². The highest BCUT2D eigenvalue weighted by Gasteiger charge is 2.29. The largest absolute Gasteiger partial charge is 0.361 e. The Hall–Kier alpha value is -2.83. The minimum Gasteiger partial charge on any atom is -0.361 e. The van der Waals surface area contributed by atoms with Gasteiger partial charge in [-0.15, -0.1) is 0 Å². The van der Waals surface area contributed by atoms with Gasteiger partial charge in [0.2, 0.25) is 5.91 Å². The van der Waals surface area contributed by atoms with Crippen LogP contribution < -0.4 is 10.6 Å². The average molecular weight is 426 g/mol. The molecule has 1 aliphatic heterocycles. The molecule has 2 heterocycles. The zero-order chi connectivity index (χ0) is 22.2. The molecule has 0 bridgehead atoms. The number of nitrogens with one attached hydrogen (secondary N) is 2. The van der Waals surface area contributed by atoms with Crippen LogP contribution in [0.15, 0.2) is 39.8 Å². The maximum Gasteiger partial charge on any atom is 0.223 e. The van der Waals surface area contributed by atoms with Crippen LogP contribution in [0.25, 0.3) is 0 Å². The highest BCUT2D eigenvalue weighted by Crippen LogP contribution is 2.23. The summed E-state index contributed by atoms with van der Waals surface area (Å²) in [6.45, 7) is 11.9. The monoisotopic (exact) mass is 425 g/mol. The average Bonchev–Trinajstić information content (AvgIpc) is 3.29. The molecule has 1 fully saturated rings. The van der Waals surface area contributed by atoms with E-state index in [9.17, 15) is 4.79 Å². The molecule has 1 aliphatic rings. The number of hydrogen-bond acceptors (Lipinski definition) is 4. The fourth-order valence-corrected chi connectivity index (χ4v) is 4.21. The fourth-order valence-electron chi connectivity index (χ4n) is 4.21. The van der Waals surface area contributed by atoms with Gasteiger partial charge in [0.15, 0.2) is 5.96 Å². The number of aliphatic imine (C=N–C) groups is 1. The van der Waals surface area contributed by atoms with Gasteiger partial charge in [-0.25, -0.2) is 0 Å². The number of guanidine groups is 1. The van der Waals surface area contributed by atoms with Crippen LogP contribution >= 0.6 is 0 Å². The molecule has 0 aliphatic carbocycles. The minimum atomic E-state index is 0.225. The molecule has 0 saturated carbocycles. The second-order valence-electron chi connectivity index (χ2n) is 8.38. The lowest BCUT2D eigenvalue weighted by Crippen LogP contribution is -2.40. The zero-order valence-corrected chi connectivity index (χ0v) is 19.1. The summed E-state index contributed by atoms with van der Waals surface area (Å²) in [6.07, 6.45) is 1.49. The number of aromatic nitrogens is 1. The SMILES string of the molecule is CCNC(=NCC(C)c1c(C)noc1C)NCC1CC(=O)N(CCc2ccccc2)C1. The quantitative estimate of drug-likeness (QED) is 0.477. The molecule has 168 valence electrons. The van der Waals surface area contributed by atoms with Crippen LogP contribution in [0.4, 0.5) is 0 Å². The first kappa shape index (κ1) is 22.8. The molecule has 2 aromatic rings. The van der Waals surface area contributed by atoms with E-state index in [-0.39, 0.29) is 11.8 Å². The van der Waals surface area contributed by atoms with Crippen molar-refractivity contribution in [2.45, 2.75) is 46.5 Å². The number of hydrogen-bond donors (Lipinski definition) is 2. The van der Waals surface area contributed by atoms with Crippen molar-refractivity contribution >= 4 is 11.9 Å². The number of carbonyl (C=O) groups is 1. The van der Waals surface area contributed by atoms with Gasteiger partial charge >= 0.3 is 0 Å². The van der Waals surface area contributed by atoms with E-state index in [2.05, 4.69) is 41.8 Å². The first-order valence-corrected chi connectivity index (χ1v) is 11.2. The van der Waals surface area contributed by atoms with E-state index in [0.717, 1.165) is 55.6 Å². The molecule has 2 N–H and O–H groups in total. The van der Waals surface area contributed by atoms with Gasteiger partial charge < -0.3 is 20.1 Å². The van der Waals surface area contributed by atoms with Crippen LogP contribution in [0, 0.1) is 19.8 Å². The second-order valence-corrected chi connectivity index (χ2v) is 8.38. The van der Waals surface area contributed by atoms with Gasteiger partial charge in [0.1, 0.15) is 5.76 Å². The van der Waals surface area contributed by atoms with Gasteiger partial charge in [0, 0.05) is 56.5 Å². The molecule has 0 spiro atoms. The first-order chi connectivity index (χ1) is 15.0. The summed E-state index contributed by atoms with van der Waals surface area (Å²) in [5.74, 6) is 2.42. The Labute approximate surface area is 185 Å². The lowest BCUT2D eigenvalue weighted by molar-refractivity contribution is -0.127. The van der Waals surface area contributed by atoms with E-state index in [1.54, 1.807) is 0 Å². The lowest BCUT2D eigenvalue weighted by atomic mass is 10.00. The predicted octanol–water partition coefficient (Wildman–Crippen LogP) is 3.04. The van der Waals surface area contributed by atoms with Crippen LogP contribution in [-0.2, 0) is 11.2 Å². The maximum absolute atomic E-state index is 12.4. The first-order valence-electron chi connectivity index (χ1n) is 11.2. The Balaban J connectivity index is 1.49. The standard InChI is InChI=1S/C24H35N5O2/c1-5-25-24(26-14-17(2)23-18(3)28-31-19(23)4)27-15-21-13-22(30)29(16-21)12-11-20-9-7-6-8-10-20/h6-10,17,21H,5,11-16H2,1-4H3,(H2,25,26,27). The molecular formula is C24H35N5O2. The van der Waals surface area contributed by atoms with Crippen molar-refractivity contribution in [3.8, 4) is 0 Å². The summed E-state index contributed by atoms with van der Waals surface area (Å²) in [5.41, 5.74) is 3.33.